The van der Waals surface area contributed by atoms with Crippen LogP contribution in [0.4, 0.5) is 13.2 Å². The number of rotatable bonds is 6. The number of pyridine rings is 1. The molecule has 0 unspecified atom stereocenters. The van der Waals surface area contributed by atoms with Crippen molar-refractivity contribution in [1.29, 1.82) is 0 Å². The van der Waals surface area contributed by atoms with Crippen LogP contribution in [0.15, 0.2) is 41.1 Å². The maximum Gasteiger partial charge on any atom is 0.412 e. The lowest BCUT2D eigenvalue weighted by Gasteiger charge is -2.21. The fourth-order valence-electron chi connectivity index (χ4n) is 2.36. The monoisotopic (exact) mass is 396 g/mol. The van der Waals surface area contributed by atoms with Crippen LogP contribution in [0.5, 0.6) is 0 Å². The van der Waals surface area contributed by atoms with Crippen molar-refractivity contribution in [2.45, 2.75) is 32.0 Å². The highest BCUT2D eigenvalue weighted by Gasteiger charge is 2.41. The number of amides is 1. The molecule has 3 heterocycles. The van der Waals surface area contributed by atoms with Gasteiger partial charge in [0, 0.05) is 35.7 Å². The Morgan fingerprint density at radius 3 is 2.74 bits per heavy atom. The Bertz CT molecular complexity index is 908. The summed E-state index contributed by atoms with van der Waals surface area (Å²) in [6.45, 7) is 1.94. The maximum absolute atomic E-state index is 13.2. The minimum atomic E-state index is -4.63. The first-order valence-corrected chi connectivity index (χ1v) is 8.80. The van der Waals surface area contributed by atoms with Crippen LogP contribution in [-0.2, 0) is 11.2 Å². The van der Waals surface area contributed by atoms with Crippen molar-refractivity contribution in [3.8, 4) is 10.8 Å². The minimum Gasteiger partial charge on any atom is -0.420 e. The summed E-state index contributed by atoms with van der Waals surface area (Å²) in [6, 6.07) is 4.27. The molecular weight excluding hydrogens is 381 g/mol. The number of aromatic nitrogens is 3. The predicted octanol–water partition coefficient (Wildman–Crippen LogP) is 3.85. The van der Waals surface area contributed by atoms with Gasteiger partial charge in [-0.15, -0.1) is 21.5 Å². The highest BCUT2D eigenvalue weighted by atomic mass is 32.1. The van der Waals surface area contributed by atoms with Gasteiger partial charge in [0.1, 0.15) is 0 Å². The van der Waals surface area contributed by atoms with Crippen LogP contribution in [0.3, 0.4) is 0 Å². The first-order chi connectivity index (χ1) is 12.8. The molecule has 10 heteroatoms. The zero-order valence-corrected chi connectivity index (χ0v) is 15.0. The number of carbonyl (C=O) groups excluding carboxylic acids is 1. The third kappa shape index (κ3) is 4.91. The Kier molecular flexibility index (Phi) is 5.54. The molecule has 0 saturated heterocycles. The SMILES string of the molecule is Cc1ccc(-c2nnc(CCC(=O)N[C@@H](c3cccnc3)C(F)(F)F)o2)s1. The van der Waals surface area contributed by atoms with Crippen molar-refractivity contribution in [3.05, 3.63) is 53.0 Å². The summed E-state index contributed by atoms with van der Waals surface area (Å²) < 4.78 is 45.2. The van der Waals surface area contributed by atoms with E-state index in [-0.39, 0.29) is 24.3 Å². The van der Waals surface area contributed by atoms with Crippen molar-refractivity contribution >= 4 is 17.2 Å². The summed E-state index contributed by atoms with van der Waals surface area (Å²) >= 11 is 1.48. The second-order valence-electron chi connectivity index (χ2n) is 5.74. The van der Waals surface area contributed by atoms with E-state index in [0.29, 0.717) is 5.89 Å². The molecule has 3 aromatic rings. The quantitative estimate of drug-likeness (QED) is 0.684. The van der Waals surface area contributed by atoms with E-state index in [9.17, 15) is 18.0 Å². The third-order valence-electron chi connectivity index (χ3n) is 3.63. The standard InChI is InChI=1S/C17H15F3N4O2S/c1-10-4-5-12(27-10)16-24-23-14(26-16)7-6-13(25)22-15(17(18,19)20)11-3-2-8-21-9-11/h2-5,8-9,15H,6-7H2,1H3,(H,22,25)/t15-/m0/s1. The molecule has 6 nitrogen and oxygen atoms in total. The van der Waals surface area contributed by atoms with Gasteiger partial charge in [-0.1, -0.05) is 6.07 Å². The molecule has 3 aromatic heterocycles. The largest absolute Gasteiger partial charge is 0.420 e. The van der Waals surface area contributed by atoms with Gasteiger partial charge in [0.05, 0.1) is 4.88 Å². The Morgan fingerprint density at radius 2 is 2.11 bits per heavy atom. The molecule has 0 fully saturated rings. The summed E-state index contributed by atoms with van der Waals surface area (Å²) in [5.74, 6) is -0.254. The molecule has 27 heavy (non-hydrogen) atoms. The number of carbonyl (C=O) groups is 1. The number of halogens is 3. The highest BCUT2D eigenvalue weighted by molar-refractivity contribution is 7.15. The summed E-state index contributed by atoms with van der Waals surface area (Å²) in [4.78, 5) is 17.6. The van der Waals surface area contributed by atoms with Crippen LogP contribution in [0.2, 0.25) is 0 Å². The molecule has 0 aromatic carbocycles. The molecule has 0 aliphatic carbocycles. The van der Waals surface area contributed by atoms with Crippen LogP contribution < -0.4 is 5.32 Å². The van der Waals surface area contributed by atoms with Crippen LogP contribution in [0, 0.1) is 6.92 Å². The summed E-state index contributed by atoms with van der Waals surface area (Å²) in [7, 11) is 0. The van der Waals surface area contributed by atoms with Gasteiger partial charge in [0.15, 0.2) is 6.04 Å². The first kappa shape index (κ1) is 19.0. The summed E-state index contributed by atoms with van der Waals surface area (Å²) in [5, 5.41) is 9.73. The molecule has 1 atom stereocenters. The average Bonchev–Trinajstić information content (AvgIpc) is 3.26. The lowest BCUT2D eigenvalue weighted by molar-refractivity contribution is -0.163. The fourth-order valence-corrected chi connectivity index (χ4v) is 3.15. The van der Waals surface area contributed by atoms with E-state index in [1.165, 1.54) is 29.7 Å². The van der Waals surface area contributed by atoms with Crippen molar-refractivity contribution < 1.29 is 22.4 Å². The van der Waals surface area contributed by atoms with E-state index in [1.54, 1.807) is 0 Å². The molecule has 1 N–H and O–H groups in total. The first-order valence-electron chi connectivity index (χ1n) is 7.98. The maximum atomic E-state index is 13.2. The molecule has 3 rings (SSSR count). The van der Waals surface area contributed by atoms with Crippen LogP contribution in [0.25, 0.3) is 10.8 Å². The van der Waals surface area contributed by atoms with Crippen molar-refractivity contribution in [1.82, 2.24) is 20.5 Å². The van der Waals surface area contributed by atoms with Gasteiger partial charge in [0.25, 0.3) is 5.89 Å². The predicted molar refractivity (Wildman–Crippen MR) is 91.8 cm³/mol. The van der Waals surface area contributed by atoms with E-state index in [4.69, 9.17) is 4.42 Å². The van der Waals surface area contributed by atoms with E-state index in [1.807, 2.05) is 24.4 Å². The second-order valence-corrected chi connectivity index (χ2v) is 7.03. The van der Waals surface area contributed by atoms with E-state index >= 15 is 0 Å². The fraction of sp³-hybridized carbons (Fsp3) is 0.294. The van der Waals surface area contributed by atoms with Crippen molar-refractivity contribution in [2.75, 3.05) is 0 Å². The zero-order chi connectivity index (χ0) is 19.4. The Morgan fingerprint density at radius 1 is 1.30 bits per heavy atom. The Balaban J connectivity index is 1.61. The van der Waals surface area contributed by atoms with Gasteiger partial charge in [-0.25, -0.2) is 0 Å². The van der Waals surface area contributed by atoms with Gasteiger partial charge < -0.3 is 9.73 Å². The zero-order valence-electron chi connectivity index (χ0n) is 14.2. The Labute approximate surface area is 156 Å². The van der Waals surface area contributed by atoms with Crippen LogP contribution >= 0.6 is 11.3 Å². The molecule has 0 bridgehead atoms. The molecule has 0 saturated carbocycles. The molecule has 1 amide bonds. The normalized spacial score (nSPS) is 12.7. The van der Waals surface area contributed by atoms with Crippen molar-refractivity contribution in [2.24, 2.45) is 0 Å². The summed E-state index contributed by atoms with van der Waals surface area (Å²) in [5.41, 5.74) is -0.133. The summed E-state index contributed by atoms with van der Waals surface area (Å²) in [6.07, 6.45) is -2.36. The van der Waals surface area contributed by atoms with E-state index in [2.05, 4.69) is 15.2 Å². The number of hydrogen-bond acceptors (Lipinski definition) is 6. The van der Waals surface area contributed by atoms with Gasteiger partial charge in [-0.3, -0.25) is 9.78 Å². The van der Waals surface area contributed by atoms with E-state index in [0.717, 1.165) is 16.0 Å². The molecular formula is C17H15F3N4O2S. The highest BCUT2D eigenvalue weighted by Crippen LogP contribution is 2.32. The number of nitrogens with one attached hydrogen (secondary N) is 1. The van der Waals surface area contributed by atoms with Crippen LogP contribution in [0.1, 0.15) is 28.8 Å². The number of hydrogen-bond donors (Lipinski definition) is 1. The lowest BCUT2D eigenvalue weighted by atomic mass is 10.1. The topological polar surface area (TPSA) is 80.9 Å². The molecule has 0 aliphatic rings. The lowest BCUT2D eigenvalue weighted by Crippen LogP contribution is -2.38. The van der Waals surface area contributed by atoms with Gasteiger partial charge in [-0.2, -0.15) is 13.2 Å². The minimum absolute atomic E-state index is 0.0425. The van der Waals surface area contributed by atoms with Gasteiger partial charge >= 0.3 is 6.18 Å². The van der Waals surface area contributed by atoms with Crippen molar-refractivity contribution in [3.63, 3.8) is 0 Å². The Hall–Kier alpha value is -2.75. The number of nitrogens with zero attached hydrogens (tertiary/aromatic N) is 3. The van der Waals surface area contributed by atoms with Gasteiger partial charge in [-0.05, 0) is 25.1 Å². The smallest absolute Gasteiger partial charge is 0.412 e. The molecule has 142 valence electrons. The third-order valence-corrected chi connectivity index (χ3v) is 4.62. The molecule has 0 aliphatic heterocycles. The molecule has 0 radical (unpaired) electrons. The number of thiophene rings is 1. The van der Waals surface area contributed by atoms with E-state index < -0.39 is 18.1 Å². The van der Waals surface area contributed by atoms with Crippen LogP contribution in [-0.4, -0.2) is 27.3 Å². The number of alkyl halides is 3. The number of aryl methyl sites for hydroxylation is 2. The van der Waals surface area contributed by atoms with Gasteiger partial charge in [0.2, 0.25) is 11.8 Å². The molecule has 0 spiro atoms. The second kappa shape index (κ2) is 7.87. The average molecular weight is 396 g/mol.